The molecule has 2 heterocycles. The maximum atomic E-state index is 13.2. The Hall–Kier alpha value is -3.52. The molecular weight excluding hydrogens is 462 g/mol. The fourth-order valence-electron chi connectivity index (χ4n) is 4.67. The largest absolute Gasteiger partial charge is 0.507 e. The van der Waals surface area contributed by atoms with Crippen LogP contribution in [0.15, 0.2) is 42.0 Å². The lowest BCUT2D eigenvalue weighted by atomic mass is 9.94. The minimum Gasteiger partial charge on any atom is -0.507 e. The molecule has 192 valence electrons. The normalized spacial score (nSPS) is 20.4. The monoisotopic (exact) mass is 495 g/mol. The zero-order chi connectivity index (χ0) is 25.8. The van der Waals surface area contributed by atoms with Gasteiger partial charge in [0.05, 0.1) is 31.9 Å². The average Bonchev–Trinajstić information content (AvgIpc) is 3.37. The molecule has 0 radical (unpaired) electrons. The number of carbonyl (C=O) groups is 2. The van der Waals surface area contributed by atoms with Crippen molar-refractivity contribution in [3.05, 3.63) is 58.7 Å². The number of hydrogen-bond donors (Lipinski definition) is 1. The van der Waals surface area contributed by atoms with Gasteiger partial charge < -0.3 is 29.0 Å². The molecule has 0 aliphatic carbocycles. The first-order chi connectivity index (χ1) is 17.4. The number of aliphatic hydroxyl groups excluding tert-OH is 1. The molecule has 2 unspecified atom stereocenters. The number of nitrogens with zero attached hydrogens (tertiary/aromatic N) is 1. The van der Waals surface area contributed by atoms with Gasteiger partial charge in [0.1, 0.15) is 17.6 Å². The summed E-state index contributed by atoms with van der Waals surface area (Å²) in [5.41, 5.74) is 2.08. The summed E-state index contributed by atoms with van der Waals surface area (Å²) in [5.74, 6) is 0.197. The van der Waals surface area contributed by atoms with Crippen LogP contribution in [0.2, 0.25) is 0 Å². The maximum absolute atomic E-state index is 13.2. The predicted octanol–water partition coefficient (Wildman–Crippen LogP) is 4.27. The number of benzene rings is 2. The molecule has 0 bridgehead atoms. The van der Waals surface area contributed by atoms with E-state index in [9.17, 15) is 14.7 Å². The Morgan fingerprint density at radius 1 is 1.11 bits per heavy atom. The third kappa shape index (κ3) is 4.91. The van der Waals surface area contributed by atoms with E-state index in [-0.39, 0.29) is 30.6 Å². The number of carbonyl (C=O) groups excluding carboxylic acids is 2. The lowest BCUT2D eigenvalue weighted by Crippen LogP contribution is -2.32. The summed E-state index contributed by atoms with van der Waals surface area (Å²) in [6.45, 7) is 5.05. The fraction of sp³-hybridized carbons (Fsp3) is 0.429. The van der Waals surface area contributed by atoms with Gasteiger partial charge in [-0.1, -0.05) is 19.4 Å². The Morgan fingerprint density at radius 2 is 1.92 bits per heavy atom. The summed E-state index contributed by atoms with van der Waals surface area (Å²) >= 11 is 0. The molecule has 2 aromatic rings. The number of likely N-dealkylation sites (tertiary alicyclic amines) is 1. The minimum atomic E-state index is -0.804. The average molecular weight is 496 g/mol. The van der Waals surface area contributed by atoms with Crippen LogP contribution in [-0.4, -0.2) is 61.8 Å². The zero-order valence-corrected chi connectivity index (χ0v) is 21.2. The van der Waals surface area contributed by atoms with E-state index in [0.717, 1.165) is 24.2 Å². The van der Waals surface area contributed by atoms with E-state index in [1.165, 1.54) is 12.0 Å². The Kier molecular flexibility index (Phi) is 7.84. The van der Waals surface area contributed by atoms with Crippen LogP contribution in [0.1, 0.15) is 49.4 Å². The Balaban J connectivity index is 1.79. The van der Waals surface area contributed by atoms with Gasteiger partial charge in [-0.05, 0) is 54.8 Å². The summed E-state index contributed by atoms with van der Waals surface area (Å²) in [6.07, 6.45) is 2.66. The molecule has 2 aromatic carbocycles. The Labute approximate surface area is 211 Å². The van der Waals surface area contributed by atoms with Gasteiger partial charge in [-0.3, -0.25) is 9.59 Å². The molecular formula is C28H33NO7. The van der Waals surface area contributed by atoms with Crippen LogP contribution in [0.4, 0.5) is 0 Å². The van der Waals surface area contributed by atoms with Crippen LogP contribution in [-0.2, 0) is 20.7 Å². The number of ketones is 1. The quantitative estimate of drug-likeness (QED) is 0.228. The molecule has 0 aromatic heterocycles. The number of fused-ring (bicyclic) bond motifs is 1. The van der Waals surface area contributed by atoms with E-state index in [2.05, 4.69) is 6.92 Å². The highest BCUT2D eigenvalue weighted by atomic mass is 16.5. The molecule has 4 rings (SSSR count). The second-order valence-corrected chi connectivity index (χ2v) is 9.05. The first-order valence-corrected chi connectivity index (χ1v) is 12.3. The smallest absolute Gasteiger partial charge is 0.295 e. The number of rotatable bonds is 10. The van der Waals surface area contributed by atoms with E-state index in [4.69, 9.17) is 18.9 Å². The molecule has 1 fully saturated rings. The molecule has 8 heteroatoms. The van der Waals surface area contributed by atoms with Crippen molar-refractivity contribution >= 4 is 17.4 Å². The van der Waals surface area contributed by atoms with Gasteiger partial charge in [0, 0.05) is 25.6 Å². The topological polar surface area (TPSA) is 94.5 Å². The SMILES string of the molecule is CCCCOc1ccc(C2C(=C(O)c3ccc4c(c3)CC(C)O4)C(=O)C(=O)N2CCOC)cc1OC. The van der Waals surface area contributed by atoms with Crippen molar-refractivity contribution < 1.29 is 33.6 Å². The number of aliphatic hydroxyl groups is 1. The number of amides is 1. The minimum absolute atomic E-state index is 0.0321. The molecule has 1 N–H and O–H groups in total. The van der Waals surface area contributed by atoms with Crippen molar-refractivity contribution in [2.75, 3.05) is 34.0 Å². The van der Waals surface area contributed by atoms with E-state index in [1.807, 2.05) is 13.0 Å². The van der Waals surface area contributed by atoms with Crippen molar-refractivity contribution in [1.82, 2.24) is 4.90 Å². The second kappa shape index (κ2) is 11.0. The van der Waals surface area contributed by atoms with Gasteiger partial charge in [-0.15, -0.1) is 0 Å². The van der Waals surface area contributed by atoms with Gasteiger partial charge in [0.25, 0.3) is 11.7 Å². The third-order valence-electron chi connectivity index (χ3n) is 6.50. The van der Waals surface area contributed by atoms with E-state index < -0.39 is 17.7 Å². The lowest BCUT2D eigenvalue weighted by Gasteiger charge is -2.25. The number of Topliss-reactive ketones (excluding diaryl/α,β-unsaturated/α-hetero) is 1. The van der Waals surface area contributed by atoms with Crippen LogP contribution in [0.3, 0.4) is 0 Å². The summed E-state index contributed by atoms with van der Waals surface area (Å²) in [4.78, 5) is 27.7. The van der Waals surface area contributed by atoms with Crippen LogP contribution in [0.25, 0.3) is 5.76 Å². The number of unbranched alkanes of at least 4 members (excludes halogenated alkanes) is 1. The van der Waals surface area contributed by atoms with Gasteiger partial charge in [-0.25, -0.2) is 0 Å². The number of ether oxygens (including phenoxy) is 4. The molecule has 2 aliphatic heterocycles. The maximum Gasteiger partial charge on any atom is 0.295 e. The highest BCUT2D eigenvalue weighted by Gasteiger charge is 2.46. The van der Waals surface area contributed by atoms with Crippen LogP contribution < -0.4 is 14.2 Å². The van der Waals surface area contributed by atoms with E-state index in [1.54, 1.807) is 37.4 Å². The molecule has 0 saturated carbocycles. The van der Waals surface area contributed by atoms with Gasteiger partial charge in [-0.2, -0.15) is 0 Å². The number of methoxy groups -OCH3 is 2. The Bertz CT molecular complexity index is 1170. The van der Waals surface area contributed by atoms with Crippen molar-refractivity contribution in [3.8, 4) is 17.2 Å². The molecule has 0 spiro atoms. The zero-order valence-electron chi connectivity index (χ0n) is 21.2. The predicted molar refractivity (Wildman–Crippen MR) is 135 cm³/mol. The molecule has 2 aliphatic rings. The van der Waals surface area contributed by atoms with Crippen molar-refractivity contribution in [3.63, 3.8) is 0 Å². The summed E-state index contributed by atoms with van der Waals surface area (Å²) in [7, 11) is 3.08. The van der Waals surface area contributed by atoms with Crippen molar-refractivity contribution in [1.29, 1.82) is 0 Å². The Morgan fingerprint density at radius 3 is 2.64 bits per heavy atom. The first kappa shape index (κ1) is 25.6. The van der Waals surface area contributed by atoms with Gasteiger partial charge in [0.15, 0.2) is 11.5 Å². The van der Waals surface area contributed by atoms with E-state index in [0.29, 0.717) is 35.7 Å². The summed E-state index contributed by atoms with van der Waals surface area (Å²) in [5, 5.41) is 11.4. The van der Waals surface area contributed by atoms with Crippen molar-refractivity contribution in [2.45, 2.75) is 45.3 Å². The van der Waals surface area contributed by atoms with Crippen LogP contribution in [0, 0.1) is 0 Å². The number of hydrogen-bond acceptors (Lipinski definition) is 7. The lowest BCUT2D eigenvalue weighted by molar-refractivity contribution is -0.140. The molecule has 36 heavy (non-hydrogen) atoms. The van der Waals surface area contributed by atoms with Crippen molar-refractivity contribution in [2.24, 2.45) is 0 Å². The second-order valence-electron chi connectivity index (χ2n) is 9.05. The molecule has 1 saturated heterocycles. The van der Waals surface area contributed by atoms with E-state index >= 15 is 0 Å². The van der Waals surface area contributed by atoms with Crippen LogP contribution >= 0.6 is 0 Å². The summed E-state index contributed by atoms with van der Waals surface area (Å²) < 4.78 is 22.4. The molecule has 1 amide bonds. The fourth-order valence-corrected chi connectivity index (χ4v) is 4.67. The first-order valence-electron chi connectivity index (χ1n) is 12.3. The molecule has 8 nitrogen and oxygen atoms in total. The summed E-state index contributed by atoms with van der Waals surface area (Å²) in [6, 6.07) is 9.83. The standard InChI is InChI=1S/C28H33NO7/c1-5-6-12-35-22-10-7-18(16-23(22)34-4)25-24(27(31)28(32)29(25)11-13-33-3)26(30)19-8-9-21-20(15-19)14-17(2)36-21/h7-10,15-17,25,30H,5-6,11-14H2,1-4H3. The molecule has 2 atom stereocenters. The van der Waals surface area contributed by atoms with Gasteiger partial charge >= 0.3 is 0 Å². The van der Waals surface area contributed by atoms with Crippen LogP contribution in [0.5, 0.6) is 17.2 Å². The highest BCUT2D eigenvalue weighted by Crippen LogP contribution is 2.42. The third-order valence-corrected chi connectivity index (χ3v) is 6.50. The van der Waals surface area contributed by atoms with Gasteiger partial charge in [0.2, 0.25) is 0 Å². The highest BCUT2D eigenvalue weighted by molar-refractivity contribution is 6.46.